The average molecular weight is 329 g/mol. The highest BCUT2D eigenvalue weighted by Gasteiger charge is 2.05. The minimum absolute atomic E-state index is 0.324. The Labute approximate surface area is 129 Å². The zero-order chi connectivity index (χ0) is 15.3. The number of hydrogen-bond donors (Lipinski definition) is 0. The number of nitrogens with zero attached hydrogens (tertiary/aromatic N) is 2. The smallest absolute Gasteiger partial charge is 0.244 e. The van der Waals surface area contributed by atoms with Gasteiger partial charge in [0.05, 0.1) is 16.7 Å². The van der Waals surface area contributed by atoms with Crippen LogP contribution in [0.4, 0.5) is 0 Å². The van der Waals surface area contributed by atoms with Crippen LogP contribution < -0.4 is 4.57 Å². The van der Waals surface area contributed by atoms with Crippen molar-refractivity contribution in [2.75, 3.05) is 5.75 Å². The van der Waals surface area contributed by atoms with E-state index < -0.39 is 10.1 Å². The molecule has 0 radical (unpaired) electrons. The van der Waals surface area contributed by atoms with Crippen molar-refractivity contribution in [1.29, 1.82) is 0 Å². The largest absolute Gasteiger partial charge is 0.748 e. The third kappa shape index (κ3) is 5.49. The summed E-state index contributed by atoms with van der Waals surface area (Å²) in [5, 5.41) is 0. The van der Waals surface area contributed by atoms with E-state index >= 15 is 0 Å². The Balaban J connectivity index is 1.90. The van der Waals surface area contributed by atoms with E-state index in [4.69, 9.17) is 11.6 Å². The summed E-state index contributed by atoms with van der Waals surface area (Å²) in [6, 6.07) is 8.07. The predicted octanol–water partition coefficient (Wildman–Crippen LogP) is 1.50. The molecule has 2 rings (SSSR count). The van der Waals surface area contributed by atoms with Crippen LogP contribution >= 0.6 is 11.6 Å². The summed E-state index contributed by atoms with van der Waals surface area (Å²) >= 11 is 5.75. The normalized spacial score (nSPS) is 11.7. The van der Waals surface area contributed by atoms with E-state index in [0.29, 0.717) is 18.8 Å². The van der Waals surface area contributed by atoms with Crippen molar-refractivity contribution >= 4 is 21.7 Å². The van der Waals surface area contributed by atoms with Crippen molar-refractivity contribution in [3.05, 3.63) is 54.1 Å². The molecule has 1 aromatic carbocycles. The van der Waals surface area contributed by atoms with Gasteiger partial charge in [0.15, 0.2) is 0 Å². The monoisotopic (exact) mass is 328 g/mol. The molecule has 114 valence electrons. The van der Waals surface area contributed by atoms with Gasteiger partial charge in [0, 0.05) is 11.6 Å². The molecule has 0 fully saturated rings. The summed E-state index contributed by atoms with van der Waals surface area (Å²) in [5.41, 5.74) is 2.25. The molecule has 0 saturated carbocycles. The lowest BCUT2D eigenvalue weighted by Crippen LogP contribution is -2.31. The molecule has 0 aliphatic heterocycles. The Bertz CT molecular complexity index is 680. The van der Waals surface area contributed by atoms with E-state index in [1.807, 2.05) is 52.1 Å². The maximum atomic E-state index is 10.5. The fourth-order valence-corrected chi connectivity index (χ4v) is 2.69. The minimum atomic E-state index is -4.12. The topological polar surface area (TPSA) is 66.0 Å². The van der Waals surface area contributed by atoms with Crippen LogP contribution in [0.25, 0.3) is 0 Å². The quantitative estimate of drug-likeness (QED) is 0.439. The van der Waals surface area contributed by atoms with Crippen LogP contribution in [0.15, 0.2) is 43.0 Å². The molecule has 0 aliphatic carbocycles. The highest BCUT2D eigenvalue weighted by molar-refractivity contribution is 7.85. The van der Waals surface area contributed by atoms with E-state index in [2.05, 4.69) is 0 Å². The van der Waals surface area contributed by atoms with Crippen LogP contribution in [0, 0.1) is 0 Å². The second-order valence-electron chi connectivity index (χ2n) is 4.89. The molecule has 0 amide bonds. The lowest BCUT2D eigenvalue weighted by atomic mass is 10.1. The summed E-state index contributed by atoms with van der Waals surface area (Å²) in [6.07, 6.45) is 6.00. The fourth-order valence-electron chi connectivity index (χ4n) is 2.03. The zero-order valence-corrected chi connectivity index (χ0v) is 13.1. The van der Waals surface area contributed by atoms with Crippen molar-refractivity contribution in [3.8, 4) is 0 Å². The van der Waals surface area contributed by atoms with E-state index in [0.717, 1.165) is 17.7 Å². The molecule has 5 nitrogen and oxygen atoms in total. The predicted molar refractivity (Wildman–Crippen MR) is 78.9 cm³/mol. The number of alkyl halides is 1. The number of imidazole rings is 1. The number of aryl methyl sites for hydroxylation is 1. The molecule has 21 heavy (non-hydrogen) atoms. The SMILES string of the molecule is O=S(=O)([O-])CCCn1cc[n+](Cc2ccc(CCl)cc2)c1. The second-order valence-corrected chi connectivity index (χ2v) is 6.68. The Morgan fingerprint density at radius 3 is 2.48 bits per heavy atom. The number of hydrogen-bond acceptors (Lipinski definition) is 3. The standard InChI is InChI=1S/C14H17ClN2O3S/c15-10-13-2-4-14(5-3-13)11-17-8-7-16(12-17)6-1-9-21(18,19)20/h2-5,7-8,12H,1,6,9-11H2. The molecular weight excluding hydrogens is 312 g/mol. The Hall–Kier alpha value is -1.37. The van der Waals surface area contributed by atoms with E-state index in [-0.39, 0.29) is 5.75 Å². The number of halogens is 1. The second kappa shape index (κ2) is 7.06. The van der Waals surface area contributed by atoms with Gasteiger partial charge in [-0.15, -0.1) is 11.6 Å². The zero-order valence-electron chi connectivity index (χ0n) is 11.5. The van der Waals surface area contributed by atoms with Gasteiger partial charge in [-0.05, 0) is 17.5 Å². The van der Waals surface area contributed by atoms with Crippen LogP contribution in [0.5, 0.6) is 0 Å². The molecule has 2 aromatic rings. The van der Waals surface area contributed by atoms with Gasteiger partial charge in [0.1, 0.15) is 18.9 Å². The van der Waals surface area contributed by atoms with E-state index in [9.17, 15) is 13.0 Å². The van der Waals surface area contributed by atoms with E-state index in [1.54, 1.807) is 0 Å². The third-order valence-corrected chi connectivity index (χ3v) is 4.20. The Kier molecular flexibility index (Phi) is 5.39. The Morgan fingerprint density at radius 1 is 1.19 bits per heavy atom. The molecule has 0 saturated heterocycles. The van der Waals surface area contributed by atoms with Gasteiger partial charge in [-0.2, -0.15) is 0 Å². The van der Waals surface area contributed by atoms with Gasteiger partial charge < -0.3 is 4.55 Å². The maximum Gasteiger partial charge on any atom is 0.244 e. The average Bonchev–Trinajstić information content (AvgIpc) is 2.86. The molecule has 7 heteroatoms. The molecule has 1 aromatic heterocycles. The van der Waals surface area contributed by atoms with Crippen LogP contribution in [0.1, 0.15) is 17.5 Å². The maximum absolute atomic E-state index is 10.5. The van der Waals surface area contributed by atoms with Crippen molar-refractivity contribution in [2.45, 2.75) is 25.4 Å². The molecule has 0 N–H and O–H groups in total. The third-order valence-electron chi connectivity index (χ3n) is 3.10. The Morgan fingerprint density at radius 2 is 1.86 bits per heavy atom. The van der Waals surface area contributed by atoms with Gasteiger partial charge >= 0.3 is 0 Å². The molecule has 0 spiro atoms. The van der Waals surface area contributed by atoms with Crippen LogP contribution in [0.3, 0.4) is 0 Å². The van der Waals surface area contributed by atoms with Crippen molar-refractivity contribution in [2.24, 2.45) is 0 Å². The minimum Gasteiger partial charge on any atom is -0.748 e. The highest BCUT2D eigenvalue weighted by Crippen LogP contribution is 2.06. The first-order valence-corrected chi connectivity index (χ1v) is 8.69. The lowest BCUT2D eigenvalue weighted by molar-refractivity contribution is -0.687. The molecule has 1 heterocycles. The molecule has 0 unspecified atom stereocenters. The van der Waals surface area contributed by atoms with Gasteiger partial charge in [-0.3, -0.25) is 0 Å². The van der Waals surface area contributed by atoms with Crippen molar-refractivity contribution in [3.63, 3.8) is 0 Å². The number of aromatic nitrogens is 2. The first-order valence-electron chi connectivity index (χ1n) is 6.58. The van der Waals surface area contributed by atoms with Crippen LogP contribution in [0.2, 0.25) is 0 Å². The first-order chi connectivity index (χ1) is 9.96. The molecule has 0 aliphatic rings. The van der Waals surface area contributed by atoms with Crippen molar-refractivity contribution < 1.29 is 17.5 Å². The van der Waals surface area contributed by atoms with Gasteiger partial charge in [-0.25, -0.2) is 17.6 Å². The number of benzene rings is 1. The van der Waals surface area contributed by atoms with Crippen molar-refractivity contribution in [1.82, 2.24) is 4.57 Å². The lowest BCUT2D eigenvalue weighted by Gasteiger charge is -2.04. The number of rotatable bonds is 7. The molecule has 0 atom stereocenters. The summed E-state index contributed by atoms with van der Waals surface area (Å²) in [4.78, 5) is 0. The molecular formula is C14H17ClN2O3S. The van der Waals surface area contributed by atoms with Gasteiger partial charge in [0.2, 0.25) is 6.33 Å². The van der Waals surface area contributed by atoms with E-state index in [1.165, 1.54) is 0 Å². The molecule has 0 bridgehead atoms. The van der Waals surface area contributed by atoms with Crippen LogP contribution in [-0.4, -0.2) is 23.3 Å². The summed E-state index contributed by atoms with van der Waals surface area (Å²) in [7, 11) is -4.12. The first kappa shape index (κ1) is 16.0. The highest BCUT2D eigenvalue weighted by atomic mass is 35.5. The van der Waals surface area contributed by atoms with Gasteiger partial charge in [0.25, 0.3) is 0 Å². The summed E-state index contributed by atoms with van der Waals surface area (Å²) in [6.45, 7) is 1.25. The summed E-state index contributed by atoms with van der Waals surface area (Å²) in [5.74, 6) is 0.178. The van der Waals surface area contributed by atoms with Crippen LogP contribution in [-0.2, 0) is 29.1 Å². The van der Waals surface area contributed by atoms with Gasteiger partial charge in [-0.1, -0.05) is 24.3 Å². The fraction of sp³-hybridized carbons (Fsp3) is 0.357. The summed E-state index contributed by atoms with van der Waals surface area (Å²) < 4.78 is 35.5.